The Morgan fingerprint density at radius 3 is 2.33 bits per heavy atom. The minimum Gasteiger partial charge on any atom is -0.480 e. The van der Waals surface area contributed by atoms with Crippen LogP contribution in [0.25, 0.3) is 0 Å². The second-order valence-electron chi connectivity index (χ2n) is 9.15. The molecule has 1 aromatic rings. The highest BCUT2D eigenvalue weighted by molar-refractivity contribution is 5.92. The average Bonchev–Trinajstić information content (AvgIpc) is 2.84. The van der Waals surface area contributed by atoms with E-state index in [1.165, 1.54) is 9.80 Å². The van der Waals surface area contributed by atoms with Crippen molar-refractivity contribution in [1.82, 2.24) is 15.1 Å². The first kappa shape index (κ1) is 28.9. The molecule has 12 heteroatoms. The summed E-state index contributed by atoms with van der Waals surface area (Å²) in [7, 11) is 0. The number of carboxylic acids is 1. The molecule has 1 saturated heterocycles. The number of rotatable bonds is 9. The van der Waals surface area contributed by atoms with Crippen molar-refractivity contribution < 1.29 is 24.3 Å². The van der Waals surface area contributed by atoms with Gasteiger partial charge in [-0.25, -0.2) is 0 Å². The van der Waals surface area contributed by atoms with E-state index in [2.05, 4.69) is 10.3 Å². The zero-order valence-corrected chi connectivity index (χ0v) is 21.0. The monoisotopic (exact) mass is 522 g/mol. The highest BCUT2D eigenvalue weighted by Crippen LogP contribution is 2.29. The van der Waals surface area contributed by atoms with Crippen LogP contribution in [0.1, 0.15) is 31.2 Å². The molecule has 0 radical (unpaired) electrons. The minimum absolute atomic E-state index is 0. The molecule has 0 aromatic heterocycles. The number of aliphatic carboxylic acids is 1. The molecule has 2 fully saturated rings. The summed E-state index contributed by atoms with van der Waals surface area (Å²) in [4.78, 5) is 56.7. The minimum atomic E-state index is -1.10. The molecule has 6 N–H and O–H groups in total. The Bertz CT molecular complexity index is 948. The summed E-state index contributed by atoms with van der Waals surface area (Å²) in [5.41, 5.74) is 11.6. The van der Waals surface area contributed by atoms with Gasteiger partial charge in [0.1, 0.15) is 12.6 Å². The predicted octanol–water partition coefficient (Wildman–Crippen LogP) is -0.0291. The maximum absolute atomic E-state index is 13.0. The highest BCUT2D eigenvalue weighted by atomic mass is 35.5. The fraction of sp³-hybridized carbons (Fsp3) is 0.542. The Balaban J connectivity index is 0.00000456. The van der Waals surface area contributed by atoms with Crippen LogP contribution < -0.4 is 16.8 Å². The topological polar surface area (TPSA) is 171 Å². The number of guanidine groups is 1. The summed E-state index contributed by atoms with van der Waals surface area (Å²) in [6.07, 6.45) is 3.35. The lowest BCUT2D eigenvalue weighted by Crippen LogP contribution is -2.61. The molecule has 1 atom stereocenters. The lowest BCUT2D eigenvalue weighted by Gasteiger charge is -2.40. The summed E-state index contributed by atoms with van der Waals surface area (Å²) in [5, 5.41) is 11.9. The number of carboxylic acid groups (broad SMARTS) is 1. The van der Waals surface area contributed by atoms with Crippen LogP contribution >= 0.6 is 12.4 Å². The third-order valence-electron chi connectivity index (χ3n) is 6.67. The van der Waals surface area contributed by atoms with E-state index < -0.39 is 24.5 Å². The molecule has 11 nitrogen and oxygen atoms in total. The lowest BCUT2D eigenvalue weighted by atomic mass is 9.81. The van der Waals surface area contributed by atoms with Crippen LogP contribution in [0.5, 0.6) is 0 Å². The van der Waals surface area contributed by atoms with Gasteiger partial charge in [-0.1, -0.05) is 30.3 Å². The standard InChI is InChI=1S/C24H34N6O5.ClH/c25-24(26)28-13-17-6-8-18(9-7-17)22(34)27-14-20(31)30-11-10-29(15-21(32)33)23(35)19(30)12-16-4-2-1-3-5-16;/h1-5,17-19H,6-15H2,(H,27,34)(H,32,33)(H4,25,26,28);1H/t17?,18?,19-;/m0./s1. The van der Waals surface area contributed by atoms with Crippen LogP contribution in [0.15, 0.2) is 35.3 Å². The molecule has 3 amide bonds. The molecule has 0 bridgehead atoms. The first-order chi connectivity index (χ1) is 16.7. The largest absolute Gasteiger partial charge is 0.480 e. The van der Waals surface area contributed by atoms with Crippen LogP contribution in [0.2, 0.25) is 0 Å². The smallest absolute Gasteiger partial charge is 0.323 e. The highest BCUT2D eigenvalue weighted by Gasteiger charge is 2.38. The van der Waals surface area contributed by atoms with E-state index in [9.17, 15) is 19.2 Å². The molecule has 1 saturated carbocycles. The van der Waals surface area contributed by atoms with Crippen LogP contribution in [0.4, 0.5) is 0 Å². The third kappa shape index (κ3) is 8.11. The number of piperazine rings is 1. The lowest BCUT2D eigenvalue weighted by molar-refractivity contribution is -0.155. The van der Waals surface area contributed by atoms with Gasteiger partial charge < -0.3 is 31.7 Å². The Labute approximate surface area is 216 Å². The summed E-state index contributed by atoms with van der Waals surface area (Å²) in [5.74, 6) is -1.80. The SMILES string of the molecule is Cl.NC(N)=NCC1CCC(C(=O)NCC(=O)N2CCN(CC(=O)O)C(=O)[C@@H]2Cc2ccccc2)CC1. The van der Waals surface area contributed by atoms with E-state index in [0.29, 0.717) is 25.3 Å². The van der Waals surface area contributed by atoms with Crippen molar-refractivity contribution in [3.05, 3.63) is 35.9 Å². The normalized spacial score (nSPS) is 21.8. The summed E-state index contributed by atoms with van der Waals surface area (Å²) >= 11 is 0. The molecule has 3 rings (SSSR count). The van der Waals surface area contributed by atoms with Gasteiger partial charge in [0, 0.05) is 32.0 Å². The van der Waals surface area contributed by atoms with Gasteiger partial charge in [0.25, 0.3) is 0 Å². The zero-order valence-electron chi connectivity index (χ0n) is 20.2. The van der Waals surface area contributed by atoms with Gasteiger partial charge in [0.05, 0.1) is 6.54 Å². The van der Waals surface area contributed by atoms with Crippen molar-refractivity contribution in [3.8, 4) is 0 Å². The van der Waals surface area contributed by atoms with Crippen LogP contribution in [0, 0.1) is 11.8 Å². The zero-order chi connectivity index (χ0) is 25.4. The average molecular weight is 523 g/mol. The Hall–Kier alpha value is -3.34. The van der Waals surface area contributed by atoms with Crippen molar-refractivity contribution in [2.24, 2.45) is 28.3 Å². The van der Waals surface area contributed by atoms with Crippen LogP contribution in [0.3, 0.4) is 0 Å². The van der Waals surface area contributed by atoms with Gasteiger partial charge in [-0.3, -0.25) is 24.2 Å². The quantitative estimate of drug-likeness (QED) is 0.260. The maximum atomic E-state index is 13.0. The van der Waals surface area contributed by atoms with Crippen molar-refractivity contribution in [3.63, 3.8) is 0 Å². The van der Waals surface area contributed by atoms with E-state index in [1.54, 1.807) is 0 Å². The Kier molecular flexibility index (Phi) is 11.0. The Morgan fingerprint density at radius 2 is 1.72 bits per heavy atom. The van der Waals surface area contributed by atoms with Crippen molar-refractivity contribution >= 4 is 42.1 Å². The fourth-order valence-electron chi connectivity index (χ4n) is 4.74. The third-order valence-corrected chi connectivity index (χ3v) is 6.67. The molecule has 2 aliphatic rings. The van der Waals surface area contributed by atoms with Crippen molar-refractivity contribution in [1.29, 1.82) is 0 Å². The molecule has 1 heterocycles. The van der Waals surface area contributed by atoms with Crippen molar-refractivity contribution in [2.75, 3.05) is 32.7 Å². The molecular formula is C24H35ClN6O5. The van der Waals surface area contributed by atoms with E-state index in [0.717, 1.165) is 18.4 Å². The molecule has 0 unspecified atom stereocenters. The molecule has 1 aromatic carbocycles. The second-order valence-corrected chi connectivity index (χ2v) is 9.15. The van der Waals surface area contributed by atoms with Gasteiger partial charge in [-0.2, -0.15) is 0 Å². The molecule has 198 valence electrons. The van der Waals surface area contributed by atoms with Gasteiger partial charge in [-0.05, 0) is 37.2 Å². The summed E-state index contributed by atoms with van der Waals surface area (Å²) < 4.78 is 0. The first-order valence-electron chi connectivity index (χ1n) is 11.9. The fourth-order valence-corrected chi connectivity index (χ4v) is 4.74. The first-order valence-corrected chi connectivity index (χ1v) is 11.9. The second kappa shape index (κ2) is 13.7. The number of nitrogens with two attached hydrogens (primary N) is 2. The molecule has 0 spiro atoms. The number of hydrogen-bond acceptors (Lipinski definition) is 5. The molecular weight excluding hydrogens is 488 g/mol. The van der Waals surface area contributed by atoms with E-state index in [-0.39, 0.29) is 62.2 Å². The Morgan fingerprint density at radius 1 is 1.06 bits per heavy atom. The molecule has 36 heavy (non-hydrogen) atoms. The van der Waals surface area contributed by atoms with E-state index in [4.69, 9.17) is 16.6 Å². The number of nitrogens with one attached hydrogen (secondary N) is 1. The van der Waals surface area contributed by atoms with Gasteiger partial charge >= 0.3 is 5.97 Å². The maximum Gasteiger partial charge on any atom is 0.323 e. The van der Waals surface area contributed by atoms with E-state index in [1.807, 2.05) is 30.3 Å². The number of benzene rings is 1. The number of aliphatic imine (C=N–C) groups is 1. The van der Waals surface area contributed by atoms with Gasteiger partial charge in [0.2, 0.25) is 17.7 Å². The summed E-state index contributed by atoms with van der Waals surface area (Å²) in [6, 6.07) is 8.44. The van der Waals surface area contributed by atoms with Crippen molar-refractivity contribution in [2.45, 2.75) is 38.1 Å². The predicted molar refractivity (Wildman–Crippen MR) is 136 cm³/mol. The number of amides is 3. The number of carbonyl (C=O) groups is 4. The van der Waals surface area contributed by atoms with Crippen LogP contribution in [-0.2, 0) is 25.6 Å². The van der Waals surface area contributed by atoms with E-state index >= 15 is 0 Å². The van der Waals surface area contributed by atoms with Gasteiger partial charge in [0.15, 0.2) is 5.96 Å². The number of halogens is 1. The number of carbonyl (C=O) groups excluding carboxylic acids is 3. The molecule has 1 aliphatic carbocycles. The van der Waals surface area contributed by atoms with Gasteiger partial charge in [-0.15, -0.1) is 12.4 Å². The number of nitrogens with zero attached hydrogens (tertiary/aromatic N) is 3. The summed E-state index contributed by atoms with van der Waals surface area (Å²) in [6.45, 7) is 0.288. The van der Waals surface area contributed by atoms with Crippen LogP contribution in [-0.4, -0.2) is 83.3 Å². The number of hydrogen-bond donors (Lipinski definition) is 4. The molecule has 1 aliphatic heterocycles.